The van der Waals surface area contributed by atoms with Gasteiger partial charge in [-0.05, 0) is 50.7 Å². The largest absolute Gasteiger partial charge is 0.373 e. The van der Waals surface area contributed by atoms with E-state index in [-0.39, 0.29) is 23.7 Å². The van der Waals surface area contributed by atoms with Crippen LogP contribution in [-0.2, 0) is 29.2 Å². The smallest absolute Gasteiger partial charge is 0.229 e. The van der Waals surface area contributed by atoms with Crippen LogP contribution < -0.4 is 0 Å². The maximum atomic E-state index is 13.7. The summed E-state index contributed by atoms with van der Waals surface area (Å²) in [6, 6.07) is 2.59. The van der Waals surface area contributed by atoms with Crippen molar-refractivity contribution in [3.8, 4) is 0 Å². The zero-order valence-electron chi connectivity index (χ0n) is 17.7. The van der Waals surface area contributed by atoms with Gasteiger partial charge in [0.2, 0.25) is 5.91 Å². The maximum absolute atomic E-state index is 13.7. The number of alkyl halides is 1. The molecule has 0 N–H and O–H groups in total. The topological polar surface area (TPSA) is 45.7 Å². The van der Waals surface area contributed by atoms with Gasteiger partial charge in [0.15, 0.2) is 0 Å². The molecule has 4 heterocycles. The van der Waals surface area contributed by atoms with Crippen LogP contribution >= 0.6 is 0 Å². The molecule has 1 aromatic rings. The van der Waals surface area contributed by atoms with Gasteiger partial charge in [-0.15, -0.1) is 0 Å². The highest BCUT2D eigenvalue weighted by molar-refractivity contribution is 5.87. The van der Waals surface area contributed by atoms with Gasteiger partial charge in [0.1, 0.15) is 6.67 Å². The number of morpholine rings is 1. The lowest BCUT2D eigenvalue weighted by Crippen LogP contribution is -2.50. The van der Waals surface area contributed by atoms with Crippen LogP contribution in [0.25, 0.3) is 0 Å². The van der Waals surface area contributed by atoms with Gasteiger partial charge in [-0.2, -0.15) is 0 Å². The number of hydrogen-bond acceptors (Lipinski definition) is 4. The van der Waals surface area contributed by atoms with Crippen molar-refractivity contribution < 1.29 is 13.9 Å². The summed E-state index contributed by atoms with van der Waals surface area (Å²) in [5, 5.41) is 0. The van der Waals surface area contributed by atoms with Crippen molar-refractivity contribution in [1.29, 1.82) is 0 Å². The third kappa shape index (κ3) is 3.02. The van der Waals surface area contributed by atoms with E-state index in [0.29, 0.717) is 30.0 Å². The minimum absolute atomic E-state index is 0.222. The third-order valence-electron chi connectivity index (χ3n) is 8.04. The molecule has 2 unspecified atom stereocenters. The number of fused-ring (bicyclic) bond motifs is 2. The third-order valence-corrected chi connectivity index (χ3v) is 8.04. The monoisotopic (exact) mass is 401 g/mol. The molecule has 5 rings (SSSR count). The average Bonchev–Trinajstić information content (AvgIpc) is 3.24. The number of amides is 1. The van der Waals surface area contributed by atoms with Crippen LogP contribution in [-0.4, -0.2) is 58.1 Å². The van der Waals surface area contributed by atoms with Crippen LogP contribution in [0.1, 0.15) is 56.9 Å². The Labute approximate surface area is 172 Å². The number of aromatic nitrogens is 1. The highest BCUT2D eigenvalue weighted by Crippen LogP contribution is 2.55. The van der Waals surface area contributed by atoms with Gasteiger partial charge in [-0.25, -0.2) is 4.39 Å². The van der Waals surface area contributed by atoms with Crippen LogP contribution in [0.2, 0.25) is 0 Å². The molecule has 5 nitrogen and oxygen atoms in total. The van der Waals surface area contributed by atoms with Crippen LogP contribution in [0.5, 0.6) is 0 Å². The second-order valence-electron chi connectivity index (χ2n) is 9.84. The number of rotatable bonds is 2. The number of ether oxygens (including phenoxy) is 1. The fourth-order valence-electron chi connectivity index (χ4n) is 6.59. The first-order valence-electron chi connectivity index (χ1n) is 11.1. The van der Waals surface area contributed by atoms with Gasteiger partial charge in [0.25, 0.3) is 0 Å². The summed E-state index contributed by atoms with van der Waals surface area (Å²) in [6.45, 7) is 8.57. The Morgan fingerprint density at radius 1 is 1.28 bits per heavy atom. The molecule has 2 saturated heterocycles. The number of carbonyl (C=O) groups is 1. The molecule has 1 spiro atoms. The molecule has 158 valence electrons. The number of pyridine rings is 1. The Morgan fingerprint density at radius 2 is 2.03 bits per heavy atom. The Kier molecular flexibility index (Phi) is 4.70. The van der Waals surface area contributed by atoms with Gasteiger partial charge in [-0.1, -0.05) is 6.92 Å². The van der Waals surface area contributed by atoms with Crippen molar-refractivity contribution in [3.05, 3.63) is 29.1 Å². The zero-order chi connectivity index (χ0) is 20.3. The summed E-state index contributed by atoms with van der Waals surface area (Å²) in [7, 11) is 0. The standard InChI is InChI=1S/C23H32FN3O2/c1-14-11-26(12-15(2)29-14)19-4-5-23(8-19)16(3)21-7-20-18(13-27(21)22(23)28)6-17(9-24)10-25-20/h6,10,14-16,19,21H,4-5,7-9,11-13H2,1-3H3/t14-,15+,16?,19-,21?,23+/m1/s1. The molecule has 3 fully saturated rings. The number of hydrogen-bond donors (Lipinski definition) is 0. The average molecular weight is 402 g/mol. The van der Waals surface area contributed by atoms with Crippen molar-refractivity contribution in [2.75, 3.05) is 13.1 Å². The molecule has 0 bridgehead atoms. The second kappa shape index (κ2) is 7.02. The Hall–Kier alpha value is -1.53. The van der Waals surface area contributed by atoms with Gasteiger partial charge in [0, 0.05) is 55.6 Å². The predicted octanol–water partition coefficient (Wildman–Crippen LogP) is 3.10. The lowest BCUT2D eigenvalue weighted by atomic mass is 9.73. The molecule has 0 aromatic carbocycles. The van der Waals surface area contributed by atoms with E-state index in [2.05, 4.69) is 35.6 Å². The Bertz CT molecular complexity index is 807. The molecule has 1 saturated carbocycles. The van der Waals surface area contributed by atoms with E-state index in [1.165, 1.54) is 0 Å². The molecule has 1 amide bonds. The maximum Gasteiger partial charge on any atom is 0.229 e. The van der Waals surface area contributed by atoms with Crippen LogP contribution in [0.4, 0.5) is 4.39 Å². The highest BCUT2D eigenvalue weighted by Gasteiger charge is 2.61. The summed E-state index contributed by atoms with van der Waals surface area (Å²) in [6.07, 6.45) is 5.98. The summed E-state index contributed by atoms with van der Waals surface area (Å²) in [5.74, 6) is 0.648. The van der Waals surface area contributed by atoms with Gasteiger partial charge >= 0.3 is 0 Å². The van der Waals surface area contributed by atoms with E-state index < -0.39 is 6.67 Å². The van der Waals surface area contributed by atoms with E-state index >= 15 is 0 Å². The van der Waals surface area contributed by atoms with E-state index in [9.17, 15) is 9.18 Å². The Morgan fingerprint density at radius 3 is 2.76 bits per heavy atom. The molecular weight excluding hydrogens is 369 g/mol. The van der Waals surface area contributed by atoms with Crippen molar-refractivity contribution in [3.63, 3.8) is 0 Å². The van der Waals surface area contributed by atoms with E-state index in [1.54, 1.807) is 6.20 Å². The van der Waals surface area contributed by atoms with E-state index in [4.69, 9.17) is 4.74 Å². The zero-order valence-corrected chi connectivity index (χ0v) is 17.7. The molecule has 1 aromatic heterocycles. The first-order chi connectivity index (χ1) is 13.9. The van der Waals surface area contributed by atoms with Crippen LogP contribution in [0.15, 0.2) is 12.3 Å². The summed E-state index contributed by atoms with van der Waals surface area (Å²) in [4.78, 5) is 22.9. The van der Waals surface area contributed by atoms with Crippen molar-refractivity contribution in [2.24, 2.45) is 11.3 Å². The van der Waals surface area contributed by atoms with Crippen LogP contribution in [0, 0.1) is 11.3 Å². The second-order valence-corrected chi connectivity index (χ2v) is 9.84. The van der Waals surface area contributed by atoms with Gasteiger partial charge in [0.05, 0.1) is 17.6 Å². The van der Waals surface area contributed by atoms with Gasteiger partial charge < -0.3 is 9.64 Å². The van der Waals surface area contributed by atoms with E-state index in [1.807, 2.05) is 6.07 Å². The fourth-order valence-corrected chi connectivity index (χ4v) is 6.59. The number of carbonyl (C=O) groups excluding carboxylic acids is 1. The Balaban J connectivity index is 1.37. The summed E-state index contributed by atoms with van der Waals surface area (Å²) < 4.78 is 19.0. The number of halogens is 1. The quantitative estimate of drug-likeness (QED) is 0.764. The first kappa shape index (κ1) is 19.4. The highest BCUT2D eigenvalue weighted by atomic mass is 19.1. The normalized spacial score (nSPS) is 39.8. The SMILES string of the molecule is CC1C2Cc3ncc(CF)cc3CN2C(=O)[C@]12CC[C@@H](N1C[C@@H](C)O[C@@H](C)C1)C2. The fraction of sp³-hybridized carbons (Fsp3) is 0.739. The van der Waals surface area contributed by atoms with Crippen molar-refractivity contribution in [2.45, 2.75) is 84.0 Å². The molecule has 6 atom stereocenters. The number of nitrogens with zero attached hydrogens (tertiary/aromatic N) is 3. The van der Waals surface area contributed by atoms with Crippen LogP contribution in [0.3, 0.4) is 0 Å². The first-order valence-corrected chi connectivity index (χ1v) is 11.1. The molecule has 0 radical (unpaired) electrons. The van der Waals surface area contributed by atoms with Gasteiger partial charge in [-0.3, -0.25) is 14.7 Å². The molecular formula is C23H32FN3O2. The molecule has 1 aliphatic carbocycles. The van der Waals surface area contributed by atoms with E-state index in [0.717, 1.165) is 50.0 Å². The van der Waals surface area contributed by atoms with Crippen molar-refractivity contribution in [1.82, 2.24) is 14.8 Å². The summed E-state index contributed by atoms with van der Waals surface area (Å²) in [5.41, 5.74) is 2.43. The minimum Gasteiger partial charge on any atom is -0.373 e. The lowest BCUT2D eigenvalue weighted by molar-refractivity contribution is -0.138. The molecule has 3 aliphatic heterocycles. The lowest BCUT2D eigenvalue weighted by Gasteiger charge is -2.39. The van der Waals surface area contributed by atoms with Crippen molar-refractivity contribution >= 4 is 5.91 Å². The molecule has 29 heavy (non-hydrogen) atoms. The summed E-state index contributed by atoms with van der Waals surface area (Å²) >= 11 is 0. The molecule has 4 aliphatic rings. The minimum atomic E-state index is -0.504. The predicted molar refractivity (Wildman–Crippen MR) is 108 cm³/mol. The molecule has 6 heteroatoms.